The summed E-state index contributed by atoms with van der Waals surface area (Å²) in [5.41, 5.74) is 3.01. The molecule has 0 aromatic carbocycles. The molecule has 114 valence electrons. The first-order valence-corrected chi connectivity index (χ1v) is 6.84. The Morgan fingerprint density at radius 2 is 1.95 bits per heavy atom. The summed E-state index contributed by atoms with van der Waals surface area (Å²) in [5, 5.41) is 5.63. The van der Waals surface area contributed by atoms with Crippen molar-refractivity contribution >= 4 is 23.0 Å². The summed E-state index contributed by atoms with van der Waals surface area (Å²) in [6.45, 7) is 2.29. The van der Waals surface area contributed by atoms with Gasteiger partial charge >= 0.3 is 6.18 Å². The van der Waals surface area contributed by atoms with E-state index in [0.29, 0.717) is 13.0 Å². The molecule has 0 bridgehead atoms. The van der Waals surface area contributed by atoms with E-state index in [9.17, 15) is 13.2 Å². The van der Waals surface area contributed by atoms with Gasteiger partial charge in [-0.05, 0) is 6.92 Å². The van der Waals surface area contributed by atoms with Gasteiger partial charge in [-0.2, -0.15) is 13.2 Å². The van der Waals surface area contributed by atoms with Crippen molar-refractivity contribution in [2.75, 3.05) is 17.3 Å². The number of hydrazine groups is 1. The van der Waals surface area contributed by atoms with Crippen LogP contribution in [0.25, 0.3) is 0 Å². The molecule has 0 aliphatic carbocycles. The lowest BCUT2D eigenvalue weighted by atomic mass is 10.4. The zero-order valence-corrected chi connectivity index (χ0v) is 11.8. The maximum Gasteiger partial charge on any atom is 0.451 e. The maximum absolute atomic E-state index is 12.6. The summed E-state index contributed by atoms with van der Waals surface area (Å²) in [6, 6.07) is 1.31. The fourth-order valence-electron chi connectivity index (χ4n) is 1.55. The van der Waals surface area contributed by atoms with Crippen LogP contribution in [0.5, 0.6) is 0 Å². The molecule has 0 radical (unpaired) electrons. The summed E-state index contributed by atoms with van der Waals surface area (Å²) in [7, 11) is 0. The first-order chi connectivity index (χ1) is 9.88. The van der Waals surface area contributed by atoms with Gasteiger partial charge in [0.2, 0.25) is 5.82 Å². The van der Waals surface area contributed by atoms with Gasteiger partial charge in [0.1, 0.15) is 11.6 Å². The Balaban J connectivity index is 2.05. The molecule has 4 N–H and O–H groups in total. The lowest BCUT2D eigenvalue weighted by molar-refractivity contribution is -0.144. The Morgan fingerprint density at radius 3 is 2.52 bits per heavy atom. The van der Waals surface area contributed by atoms with Crippen LogP contribution in [0, 0.1) is 6.92 Å². The highest BCUT2D eigenvalue weighted by Crippen LogP contribution is 2.28. The number of aryl methyl sites for hydroxylation is 1. The van der Waals surface area contributed by atoms with Gasteiger partial charge in [-0.15, -0.1) is 11.3 Å². The minimum atomic E-state index is -4.63. The van der Waals surface area contributed by atoms with Crippen LogP contribution in [0.2, 0.25) is 0 Å². The zero-order chi connectivity index (χ0) is 15.5. The van der Waals surface area contributed by atoms with Crippen molar-refractivity contribution < 1.29 is 13.2 Å². The van der Waals surface area contributed by atoms with Crippen molar-refractivity contribution in [1.29, 1.82) is 0 Å². The van der Waals surface area contributed by atoms with Crippen LogP contribution >= 0.6 is 11.3 Å². The second-order valence-electron chi connectivity index (χ2n) is 4.16. The summed E-state index contributed by atoms with van der Waals surface area (Å²) >= 11 is 1.50. The summed E-state index contributed by atoms with van der Waals surface area (Å²) < 4.78 is 37.9. The van der Waals surface area contributed by atoms with E-state index in [-0.39, 0.29) is 11.6 Å². The van der Waals surface area contributed by atoms with Gasteiger partial charge in [-0.1, -0.05) is 0 Å². The molecule has 6 nitrogen and oxygen atoms in total. The predicted molar refractivity (Wildman–Crippen MR) is 73.9 cm³/mol. The molecule has 2 aromatic heterocycles. The van der Waals surface area contributed by atoms with E-state index in [2.05, 4.69) is 25.7 Å². The number of thiazole rings is 1. The second kappa shape index (κ2) is 6.22. The first kappa shape index (κ1) is 15.4. The zero-order valence-electron chi connectivity index (χ0n) is 11.0. The number of rotatable bonds is 5. The third kappa shape index (κ3) is 4.26. The number of nitrogens with zero attached hydrogens (tertiary/aromatic N) is 3. The summed E-state index contributed by atoms with van der Waals surface area (Å²) in [6.07, 6.45) is -4.04. The van der Waals surface area contributed by atoms with Gasteiger partial charge < -0.3 is 10.7 Å². The highest BCUT2D eigenvalue weighted by molar-refractivity contribution is 7.09. The van der Waals surface area contributed by atoms with Crippen molar-refractivity contribution in [2.24, 2.45) is 5.84 Å². The largest absolute Gasteiger partial charge is 0.451 e. The molecular formula is C11H13F3N6S. The molecular weight excluding hydrogens is 305 g/mol. The maximum atomic E-state index is 12.6. The topological polar surface area (TPSA) is 88.8 Å². The molecule has 2 heterocycles. The molecule has 0 fully saturated rings. The van der Waals surface area contributed by atoms with E-state index in [1.807, 2.05) is 12.3 Å². The monoisotopic (exact) mass is 318 g/mol. The Kier molecular flexibility index (Phi) is 4.58. The molecule has 0 atom stereocenters. The molecule has 0 unspecified atom stereocenters. The third-order valence-corrected chi connectivity index (χ3v) is 3.47. The van der Waals surface area contributed by atoms with Crippen molar-refractivity contribution in [3.63, 3.8) is 0 Å². The molecule has 0 aliphatic rings. The molecule has 0 aliphatic heterocycles. The van der Waals surface area contributed by atoms with Gasteiger partial charge in [-0.3, -0.25) is 0 Å². The third-order valence-electron chi connectivity index (χ3n) is 2.44. The molecule has 21 heavy (non-hydrogen) atoms. The number of halogens is 3. The van der Waals surface area contributed by atoms with Gasteiger partial charge in [0.25, 0.3) is 0 Å². The molecule has 0 saturated heterocycles. The number of aromatic nitrogens is 3. The smallest absolute Gasteiger partial charge is 0.369 e. The highest BCUT2D eigenvalue weighted by atomic mass is 32.1. The van der Waals surface area contributed by atoms with Crippen LogP contribution in [0.3, 0.4) is 0 Å². The number of hydrogen-bond donors (Lipinski definition) is 3. The number of nitrogen functional groups attached to an aromatic ring is 1. The Bertz CT molecular complexity index is 612. The van der Waals surface area contributed by atoms with Gasteiger partial charge in [-0.25, -0.2) is 20.8 Å². The molecule has 10 heteroatoms. The van der Waals surface area contributed by atoms with Crippen molar-refractivity contribution in [3.05, 3.63) is 28.0 Å². The number of nitrogens with two attached hydrogens (primary N) is 1. The van der Waals surface area contributed by atoms with E-state index in [1.54, 1.807) is 0 Å². The van der Waals surface area contributed by atoms with Crippen LogP contribution in [0.1, 0.15) is 16.5 Å². The Labute approximate surface area is 122 Å². The normalized spacial score (nSPS) is 11.5. The summed E-state index contributed by atoms with van der Waals surface area (Å²) in [5.74, 6) is 3.81. The van der Waals surface area contributed by atoms with Crippen LogP contribution in [-0.2, 0) is 12.6 Å². The average molecular weight is 318 g/mol. The van der Waals surface area contributed by atoms with Crippen LogP contribution in [0.15, 0.2) is 11.4 Å². The highest BCUT2D eigenvalue weighted by Gasteiger charge is 2.35. The standard InChI is InChI=1S/C11H13F3N6S/c1-6-5-21-9(17-6)2-3-16-7-4-8(20-15)19-10(18-7)11(12,13)14/h4-5H,2-3,15H2,1H3,(H2,16,18,19,20). The Morgan fingerprint density at radius 1 is 1.24 bits per heavy atom. The quantitative estimate of drug-likeness (QED) is 0.578. The molecule has 0 amide bonds. The lowest BCUT2D eigenvalue weighted by Crippen LogP contribution is -2.17. The predicted octanol–water partition coefficient (Wildman–Crippen LogP) is 2.20. The minimum absolute atomic E-state index is 0.0542. The number of alkyl halides is 3. The molecule has 0 saturated carbocycles. The average Bonchev–Trinajstić information content (AvgIpc) is 2.83. The number of hydrogen-bond acceptors (Lipinski definition) is 7. The first-order valence-electron chi connectivity index (χ1n) is 5.96. The van der Waals surface area contributed by atoms with Gasteiger partial charge in [0.15, 0.2) is 0 Å². The SMILES string of the molecule is Cc1csc(CCNc2cc(NN)nc(C(F)(F)F)n2)n1. The summed E-state index contributed by atoms with van der Waals surface area (Å²) in [4.78, 5) is 11.0. The van der Waals surface area contributed by atoms with E-state index >= 15 is 0 Å². The molecule has 2 aromatic rings. The fourth-order valence-corrected chi connectivity index (χ4v) is 2.33. The van der Waals surface area contributed by atoms with E-state index < -0.39 is 12.0 Å². The fraction of sp³-hybridized carbons (Fsp3) is 0.364. The Hall–Kier alpha value is -1.94. The van der Waals surface area contributed by atoms with Crippen molar-refractivity contribution in [2.45, 2.75) is 19.5 Å². The van der Waals surface area contributed by atoms with Crippen LogP contribution in [0.4, 0.5) is 24.8 Å². The van der Waals surface area contributed by atoms with Gasteiger partial charge in [0.05, 0.1) is 5.01 Å². The number of nitrogens with one attached hydrogen (secondary N) is 2. The second-order valence-corrected chi connectivity index (χ2v) is 5.11. The van der Waals surface area contributed by atoms with Crippen molar-refractivity contribution in [3.8, 4) is 0 Å². The van der Waals surface area contributed by atoms with E-state index in [0.717, 1.165) is 10.7 Å². The van der Waals surface area contributed by atoms with Gasteiger partial charge in [0, 0.05) is 30.1 Å². The minimum Gasteiger partial charge on any atom is -0.369 e. The van der Waals surface area contributed by atoms with Crippen LogP contribution in [-0.4, -0.2) is 21.5 Å². The number of anilines is 2. The van der Waals surface area contributed by atoms with E-state index in [4.69, 9.17) is 5.84 Å². The molecule has 0 spiro atoms. The van der Waals surface area contributed by atoms with E-state index in [1.165, 1.54) is 17.4 Å². The van der Waals surface area contributed by atoms with Crippen LogP contribution < -0.4 is 16.6 Å². The molecule has 2 rings (SSSR count). The lowest BCUT2D eigenvalue weighted by Gasteiger charge is -2.10. The van der Waals surface area contributed by atoms with Crippen molar-refractivity contribution in [1.82, 2.24) is 15.0 Å².